The molecule has 2 amide bonds. The van der Waals surface area contributed by atoms with E-state index in [4.69, 9.17) is 14.2 Å². The Morgan fingerprint density at radius 1 is 1.05 bits per heavy atom. The summed E-state index contributed by atoms with van der Waals surface area (Å²) in [7, 11) is 5.03. The second kappa shape index (κ2) is 11.8. The van der Waals surface area contributed by atoms with E-state index in [1.807, 2.05) is 71.6 Å². The largest absolute Gasteiger partial charge is 0.493 e. The number of benzene rings is 3. The fourth-order valence-corrected chi connectivity index (χ4v) is 5.24. The van der Waals surface area contributed by atoms with Crippen molar-refractivity contribution in [3.05, 3.63) is 89.0 Å². The van der Waals surface area contributed by atoms with Gasteiger partial charge in [-0.1, -0.05) is 24.3 Å². The van der Waals surface area contributed by atoms with Crippen LogP contribution in [0.5, 0.6) is 11.5 Å². The van der Waals surface area contributed by atoms with Crippen LogP contribution in [0, 0.1) is 0 Å². The van der Waals surface area contributed by atoms with Gasteiger partial charge in [-0.05, 0) is 67.3 Å². The Hall–Kier alpha value is -4.04. The molecule has 3 aromatic carbocycles. The van der Waals surface area contributed by atoms with Gasteiger partial charge in [-0.25, -0.2) is 0 Å². The molecule has 0 bridgehead atoms. The smallest absolute Gasteiger partial charge is 0.256 e. The third kappa shape index (κ3) is 5.71. The van der Waals surface area contributed by atoms with Crippen molar-refractivity contribution in [2.75, 3.05) is 46.3 Å². The van der Waals surface area contributed by atoms with Crippen LogP contribution in [0.3, 0.4) is 0 Å². The summed E-state index contributed by atoms with van der Waals surface area (Å²) >= 11 is 0. The number of hydrogen-bond donors (Lipinski definition) is 1. The molecule has 2 atom stereocenters. The summed E-state index contributed by atoms with van der Waals surface area (Å²) in [4.78, 5) is 29.9. The lowest BCUT2D eigenvalue weighted by Crippen LogP contribution is -2.38. The molecule has 0 aromatic heterocycles. The van der Waals surface area contributed by atoms with Crippen LogP contribution in [0.25, 0.3) is 0 Å². The van der Waals surface area contributed by atoms with E-state index >= 15 is 0 Å². The normalized spacial score (nSPS) is 18.1. The highest BCUT2D eigenvalue weighted by Crippen LogP contribution is 2.35. The van der Waals surface area contributed by atoms with Crippen LogP contribution in [-0.4, -0.2) is 68.7 Å². The van der Waals surface area contributed by atoms with Crippen molar-refractivity contribution >= 4 is 17.5 Å². The topological polar surface area (TPSA) is 80.3 Å². The maximum absolute atomic E-state index is 13.2. The second-order valence-corrected chi connectivity index (χ2v) is 9.97. The van der Waals surface area contributed by atoms with Gasteiger partial charge in [0, 0.05) is 49.1 Å². The maximum Gasteiger partial charge on any atom is 0.256 e. The highest BCUT2D eigenvalue weighted by molar-refractivity contribution is 5.99. The van der Waals surface area contributed by atoms with Crippen LogP contribution in [-0.2, 0) is 11.2 Å². The van der Waals surface area contributed by atoms with E-state index in [9.17, 15) is 9.59 Å². The highest BCUT2D eigenvalue weighted by Gasteiger charge is 2.38. The number of amides is 2. The van der Waals surface area contributed by atoms with Gasteiger partial charge >= 0.3 is 0 Å². The van der Waals surface area contributed by atoms with Crippen LogP contribution in [0.15, 0.2) is 66.7 Å². The molecule has 8 nitrogen and oxygen atoms in total. The first kappa shape index (κ1) is 26.6. The zero-order chi connectivity index (χ0) is 27.4. The second-order valence-electron chi connectivity index (χ2n) is 9.97. The molecule has 0 aliphatic carbocycles. The Bertz CT molecular complexity index is 1320. The van der Waals surface area contributed by atoms with Crippen molar-refractivity contribution in [2.24, 2.45) is 0 Å². The van der Waals surface area contributed by atoms with Crippen LogP contribution in [0.1, 0.15) is 50.9 Å². The lowest BCUT2D eigenvalue weighted by molar-refractivity contribution is 0.0489. The van der Waals surface area contributed by atoms with Crippen LogP contribution >= 0.6 is 0 Å². The molecule has 204 valence electrons. The molecule has 0 radical (unpaired) electrons. The molecular formula is C31H35N3O5. The first-order valence-electron chi connectivity index (χ1n) is 13.3. The Labute approximate surface area is 229 Å². The summed E-state index contributed by atoms with van der Waals surface area (Å²) < 4.78 is 16.5. The molecule has 3 aromatic rings. The van der Waals surface area contributed by atoms with Gasteiger partial charge in [0.25, 0.3) is 11.8 Å². The van der Waals surface area contributed by atoms with Gasteiger partial charge in [0.2, 0.25) is 0 Å². The number of likely N-dealkylation sites (N-methyl/N-ethyl adjacent to an activating group) is 1. The Morgan fingerprint density at radius 3 is 2.54 bits per heavy atom. The molecule has 8 heteroatoms. The number of fused-ring (bicyclic) bond motifs is 1. The van der Waals surface area contributed by atoms with Gasteiger partial charge in [0.15, 0.2) is 11.5 Å². The van der Waals surface area contributed by atoms with E-state index in [1.165, 1.54) is 0 Å². The predicted octanol–water partition coefficient (Wildman–Crippen LogP) is 4.76. The third-order valence-electron chi connectivity index (χ3n) is 7.45. The van der Waals surface area contributed by atoms with Crippen molar-refractivity contribution in [1.82, 2.24) is 9.80 Å². The molecule has 2 unspecified atom stereocenters. The molecule has 1 saturated heterocycles. The zero-order valence-corrected chi connectivity index (χ0v) is 22.7. The van der Waals surface area contributed by atoms with Crippen LogP contribution < -0.4 is 14.8 Å². The number of nitrogens with one attached hydrogen (secondary N) is 1. The average molecular weight is 530 g/mol. The number of anilines is 1. The van der Waals surface area contributed by atoms with Gasteiger partial charge < -0.3 is 29.3 Å². The number of methoxy groups -OCH3 is 2. The van der Waals surface area contributed by atoms with Crippen LogP contribution in [0.4, 0.5) is 5.69 Å². The molecule has 39 heavy (non-hydrogen) atoms. The predicted molar refractivity (Wildman–Crippen MR) is 149 cm³/mol. The molecule has 2 aliphatic rings. The molecule has 2 aliphatic heterocycles. The Morgan fingerprint density at radius 2 is 1.82 bits per heavy atom. The summed E-state index contributed by atoms with van der Waals surface area (Å²) in [5.74, 6) is 1.32. The van der Waals surface area contributed by atoms with E-state index in [0.717, 1.165) is 41.8 Å². The van der Waals surface area contributed by atoms with Crippen molar-refractivity contribution < 1.29 is 23.8 Å². The van der Waals surface area contributed by atoms with Gasteiger partial charge in [-0.3, -0.25) is 9.59 Å². The summed E-state index contributed by atoms with van der Waals surface area (Å²) in [5.41, 5.74) is 4.18. The van der Waals surface area contributed by atoms with Crippen LogP contribution in [0.2, 0.25) is 0 Å². The van der Waals surface area contributed by atoms with Gasteiger partial charge in [-0.2, -0.15) is 0 Å². The molecule has 2 heterocycles. The SMILES string of the molecule is COc1ccc(CCN(C)C(=O)c2ccc(NC3c4ccccc4C(=O)N3CC3CCCO3)cc2)cc1OC. The average Bonchev–Trinajstić information content (AvgIpc) is 3.58. The van der Waals surface area contributed by atoms with Crippen molar-refractivity contribution in [3.8, 4) is 11.5 Å². The van der Waals surface area contributed by atoms with Gasteiger partial charge in [0.1, 0.15) is 6.17 Å². The first-order chi connectivity index (χ1) is 19.0. The Kier molecular flexibility index (Phi) is 8.02. The van der Waals surface area contributed by atoms with E-state index in [1.54, 1.807) is 26.2 Å². The zero-order valence-electron chi connectivity index (χ0n) is 22.7. The van der Waals surface area contributed by atoms with Crippen molar-refractivity contribution in [2.45, 2.75) is 31.5 Å². The summed E-state index contributed by atoms with van der Waals surface area (Å²) in [6, 6.07) is 20.9. The van der Waals surface area contributed by atoms with E-state index in [-0.39, 0.29) is 24.1 Å². The maximum atomic E-state index is 13.2. The number of nitrogens with zero attached hydrogens (tertiary/aromatic N) is 2. The number of carbonyl (C=O) groups is 2. The number of rotatable bonds is 10. The summed E-state index contributed by atoms with van der Waals surface area (Å²) in [6.07, 6.45) is 2.45. The Balaban J connectivity index is 1.23. The monoisotopic (exact) mass is 529 g/mol. The van der Waals surface area contributed by atoms with Gasteiger partial charge in [0.05, 0.1) is 20.3 Å². The molecule has 0 spiro atoms. The van der Waals surface area contributed by atoms with Gasteiger partial charge in [-0.15, -0.1) is 0 Å². The standard InChI is InChI=1S/C31H35N3O5/c1-33(17-16-21-10-15-27(37-2)28(19-21)38-3)30(35)22-11-13-23(14-12-22)32-29-25-8-4-5-9-26(25)31(36)34(29)20-24-7-6-18-39-24/h4-5,8-15,19,24,29,32H,6-7,16-18,20H2,1-3H3. The first-order valence-corrected chi connectivity index (χ1v) is 13.3. The fraction of sp³-hybridized carbons (Fsp3) is 0.355. The molecule has 1 fully saturated rings. The lowest BCUT2D eigenvalue weighted by atomic mass is 10.1. The lowest BCUT2D eigenvalue weighted by Gasteiger charge is -2.29. The fourth-order valence-electron chi connectivity index (χ4n) is 5.24. The minimum absolute atomic E-state index is 0.0153. The minimum atomic E-state index is -0.288. The van der Waals surface area contributed by atoms with Crippen molar-refractivity contribution in [3.63, 3.8) is 0 Å². The van der Waals surface area contributed by atoms with E-state index < -0.39 is 0 Å². The molecular weight excluding hydrogens is 494 g/mol. The summed E-state index contributed by atoms with van der Waals surface area (Å²) in [6.45, 7) is 1.86. The number of carbonyl (C=O) groups excluding carboxylic acids is 2. The number of ether oxygens (including phenoxy) is 3. The number of hydrogen-bond acceptors (Lipinski definition) is 6. The quantitative estimate of drug-likeness (QED) is 0.408. The van der Waals surface area contributed by atoms with E-state index in [0.29, 0.717) is 36.6 Å². The van der Waals surface area contributed by atoms with E-state index in [2.05, 4.69) is 5.32 Å². The minimum Gasteiger partial charge on any atom is -0.493 e. The molecule has 1 N–H and O–H groups in total. The summed E-state index contributed by atoms with van der Waals surface area (Å²) in [5, 5.41) is 3.52. The third-order valence-corrected chi connectivity index (χ3v) is 7.45. The van der Waals surface area contributed by atoms with Crippen molar-refractivity contribution in [1.29, 1.82) is 0 Å². The molecule has 0 saturated carbocycles. The highest BCUT2D eigenvalue weighted by atomic mass is 16.5. The molecule has 5 rings (SSSR count).